The molecule has 0 fully saturated rings. The molecule has 78 valence electrons. The zero-order chi connectivity index (χ0) is 10.8. The number of benzene rings is 1. The second kappa shape index (κ2) is 3.88. The molecule has 0 aliphatic rings. The third-order valence-corrected chi connectivity index (χ3v) is 1.78. The van der Waals surface area contributed by atoms with Gasteiger partial charge in [-0.3, -0.25) is 0 Å². The number of hydrogen-bond acceptors (Lipinski definition) is 2. The number of rotatable bonds is 2. The van der Waals surface area contributed by atoms with E-state index < -0.39 is 11.7 Å². The van der Waals surface area contributed by atoms with Crippen LogP contribution in [-0.2, 0) is 12.8 Å². The van der Waals surface area contributed by atoms with Gasteiger partial charge in [-0.2, -0.15) is 13.2 Å². The molecule has 0 amide bonds. The highest BCUT2D eigenvalue weighted by atomic mass is 19.4. The van der Waals surface area contributed by atoms with E-state index in [4.69, 9.17) is 9.84 Å². The van der Waals surface area contributed by atoms with Crippen molar-refractivity contribution >= 4 is 0 Å². The predicted octanol–water partition coefficient (Wildman–Crippen LogP) is 2.21. The number of alkyl halides is 3. The monoisotopic (exact) mass is 206 g/mol. The van der Waals surface area contributed by atoms with Gasteiger partial charge >= 0.3 is 6.18 Å². The molecule has 1 aromatic carbocycles. The van der Waals surface area contributed by atoms with Crippen LogP contribution in [0.15, 0.2) is 18.2 Å². The van der Waals surface area contributed by atoms with Crippen molar-refractivity contribution in [2.24, 2.45) is 0 Å². The van der Waals surface area contributed by atoms with Crippen molar-refractivity contribution < 1.29 is 23.0 Å². The fraction of sp³-hybridized carbons (Fsp3) is 0.333. The molecule has 14 heavy (non-hydrogen) atoms. The third-order valence-electron chi connectivity index (χ3n) is 1.78. The van der Waals surface area contributed by atoms with Gasteiger partial charge in [0.15, 0.2) is 0 Å². The Balaban J connectivity index is 3.14. The summed E-state index contributed by atoms with van der Waals surface area (Å²) in [7, 11) is 1.26. The smallest absolute Gasteiger partial charge is 0.416 e. The van der Waals surface area contributed by atoms with Crippen LogP contribution >= 0.6 is 0 Å². The molecule has 0 spiro atoms. The fourth-order valence-electron chi connectivity index (χ4n) is 1.05. The molecule has 1 N–H and O–H groups in total. The largest absolute Gasteiger partial charge is 0.496 e. The van der Waals surface area contributed by atoms with Gasteiger partial charge in [-0.05, 0) is 12.1 Å². The topological polar surface area (TPSA) is 29.5 Å². The molecule has 1 rings (SSSR count). The lowest BCUT2D eigenvalue weighted by Gasteiger charge is -2.10. The summed E-state index contributed by atoms with van der Waals surface area (Å²) in [5, 5.41) is 8.78. The van der Waals surface area contributed by atoms with Gasteiger partial charge in [0.1, 0.15) is 5.75 Å². The van der Waals surface area contributed by atoms with Crippen LogP contribution in [0.2, 0.25) is 0 Å². The van der Waals surface area contributed by atoms with Crippen molar-refractivity contribution in [3.05, 3.63) is 29.3 Å². The zero-order valence-corrected chi connectivity index (χ0v) is 7.43. The van der Waals surface area contributed by atoms with Gasteiger partial charge in [-0.15, -0.1) is 0 Å². The Hall–Kier alpha value is -1.23. The number of aliphatic hydroxyl groups excluding tert-OH is 1. The average molecular weight is 206 g/mol. The van der Waals surface area contributed by atoms with Crippen molar-refractivity contribution in [1.29, 1.82) is 0 Å². The minimum atomic E-state index is -4.39. The molecule has 0 bridgehead atoms. The number of halogens is 3. The van der Waals surface area contributed by atoms with Crippen molar-refractivity contribution in [1.82, 2.24) is 0 Å². The number of methoxy groups -OCH3 is 1. The Bertz CT molecular complexity index is 320. The van der Waals surface area contributed by atoms with E-state index in [0.717, 1.165) is 12.1 Å². The van der Waals surface area contributed by atoms with Crippen LogP contribution in [0.3, 0.4) is 0 Å². The van der Waals surface area contributed by atoms with E-state index in [1.165, 1.54) is 13.2 Å². The van der Waals surface area contributed by atoms with Crippen LogP contribution < -0.4 is 4.74 Å². The van der Waals surface area contributed by atoms with Gasteiger partial charge < -0.3 is 9.84 Å². The first-order valence-corrected chi connectivity index (χ1v) is 3.84. The molecule has 1 aromatic rings. The van der Waals surface area contributed by atoms with Gasteiger partial charge in [0.05, 0.1) is 19.3 Å². The first-order chi connectivity index (χ1) is 6.49. The van der Waals surface area contributed by atoms with Gasteiger partial charge in [-0.25, -0.2) is 0 Å². The summed E-state index contributed by atoms with van der Waals surface area (Å²) in [5.74, 6) is 0.0438. The van der Waals surface area contributed by atoms with Crippen molar-refractivity contribution in [2.45, 2.75) is 12.8 Å². The lowest BCUT2D eigenvalue weighted by molar-refractivity contribution is -0.137. The van der Waals surface area contributed by atoms with E-state index in [-0.39, 0.29) is 12.4 Å². The van der Waals surface area contributed by atoms with Gasteiger partial charge in [0, 0.05) is 5.56 Å². The minimum absolute atomic E-state index is 0.0438. The summed E-state index contributed by atoms with van der Waals surface area (Å²) < 4.78 is 41.4. The quantitative estimate of drug-likeness (QED) is 0.803. The third kappa shape index (κ3) is 2.17. The maximum absolute atomic E-state index is 12.2. The summed E-state index contributed by atoms with van der Waals surface area (Å²) in [6.45, 7) is -0.346. The summed E-state index contributed by atoms with van der Waals surface area (Å²) in [5.41, 5.74) is -0.452. The van der Waals surface area contributed by atoms with Crippen LogP contribution in [0, 0.1) is 0 Å². The molecule has 0 radical (unpaired) electrons. The summed E-state index contributed by atoms with van der Waals surface area (Å²) in [6, 6.07) is 2.97. The maximum atomic E-state index is 12.2. The molecule has 0 aromatic heterocycles. The zero-order valence-electron chi connectivity index (χ0n) is 7.43. The summed E-state index contributed by atoms with van der Waals surface area (Å²) in [6.07, 6.45) is -4.39. The van der Waals surface area contributed by atoms with Gasteiger partial charge in [0.2, 0.25) is 0 Å². The molecule has 0 unspecified atom stereocenters. The van der Waals surface area contributed by atoms with E-state index >= 15 is 0 Å². The highest BCUT2D eigenvalue weighted by molar-refractivity contribution is 5.38. The first-order valence-electron chi connectivity index (χ1n) is 3.84. The van der Waals surface area contributed by atoms with Gasteiger partial charge in [0.25, 0.3) is 0 Å². The normalized spacial score (nSPS) is 11.5. The lowest BCUT2D eigenvalue weighted by Crippen LogP contribution is -2.05. The van der Waals surface area contributed by atoms with Crippen molar-refractivity contribution in [2.75, 3.05) is 7.11 Å². The van der Waals surface area contributed by atoms with Crippen LogP contribution in [0.25, 0.3) is 0 Å². The number of aliphatic hydroxyl groups is 1. The Morgan fingerprint density at radius 3 is 2.43 bits per heavy atom. The Morgan fingerprint density at radius 2 is 2.00 bits per heavy atom. The maximum Gasteiger partial charge on any atom is 0.416 e. The van der Waals surface area contributed by atoms with Crippen LogP contribution in [0.1, 0.15) is 11.1 Å². The molecule has 0 atom stereocenters. The van der Waals surface area contributed by atoms with E-state index in [1.807, 2.05) is 0 Å². The van der Waals surface area contributed by atoms with Crippen LogP contribution in [-0.4, -0.2) is 12.2 Å². The lowest BCUT2D eigenvalue weighted by atomic mass is 10.1. The molecule has 5 heteroatoms. The second-order valence-electron chi connectivity index (χ2n) is 2.68. The highest BCUT2D eigenvalue weighted by Gasteiger charge is 2.31. The Morgan fingerprint density at radius 1 is 1.36 bits per heavy atom. The second-order valence-corrected chi connectivity index (χ2v) is 2.68. The molecule has 0 saturated heterocycles. The van der Waals surface area contributed by atoms with E-state index in [2.05, 4.69) is 0 Å². The molecular weight excluding hydrogens is 197 g/mol. The molecule has 0 aliphatic heterocycles. The molecular formula is C9H9F3O2. The van der Waals surface area contributed by atoms with E-state index in [0.29, 0.717) is 5.56 Å². The van der Waals surface area contributed by atoms with Crippen molar-refractivity contribution in [3.63, 3.8) is 0 Å². The fourth-order valence-corrected chi connectivity index (χ4v) is 1.05. The Labute approximate surface area is 78.9 Å². The van der Waals surface area contributed by atoms with Gasteiger partial charge in [-0.1, -0.05) is 6.07 Å². The van der Waals surface area contributed by atoms with Crippen molar-refractivity contribution in [3.8, 4) is 5.75 Å². The molecule has 2 nitrogen and oxygen atoms in total. The molecule has 0 heterocycles. The van der Waals surface area contributed by atoms with Crippen LogP contribution in [0.4, 0.5) is 13.2 Å². The van der Waals surface area contributed by atoms with E-state index in [1.54, 1.807) is 0 Å². The average Bonchev–Trinajstić information content (AvgIpc) is 2.15. The summed E-state index contributed by atoms with van der Waals surface area (Å²) >= 11 is 0. The standard InChI is InChI=1S/C9H9F3O2/c1-14-8-4-7(9(10,11)12)3-2-6(8)5-13/h2-4,13H,5H2,1H3. The SMILES string of the molecule is COc1cc(C(F)(F)F)ccc1CO. The highest BCUT2D eigenvalue weighted by Crippen LogP contribution is 2.32. The molecule has 0 aliphatic carbocycles. The predicted molar refractivity (Wildman–Crippen MR) is 43.9 cm³/mol. The minimum Gasteiger partial charge on any atom is -0.496 e. The first kappa shape index (κ1) is 10.8. The molecule has 0 saturated carbocycles. The van der Waals surface area contributed by atoms with E-state index in [9.17, 15) is 13.2 Å². The number of hydrogen-bond donors (Lipinski definition) is 1. The Kier molecular flexibility index (Phi) is 3.00. The summed E-state index contributed by atoms with van der Waals surface area (Å²) in [4.78, 5) is 0. The van der Waals surface area contributed by atoms with Crippen LogP contribution in [0.5, 0.6) is 5.75 Å². The number of ether oxygens (including phenoxy) is 1.